The van der Waals surface area contributed by atoms with Crippen LogP contribution in [0, 0.1) is 6.92 Å². The van der Waals surface area contributed by atoms with E-state index in [0.717, 1.165) is 11.1 Å². The van der Waals surface area contributed by atoms with E-state index in [2.05, 4.69) is 29.9 Å². The first-order valence-electron chi connectivity index (χ1n) is 8.95. The van der Waals surface area contributed by atoms with Crippen LogP contribution in [0.15, 0.2) is 53.4 Å². The highest BCUT2D eigenvalue weighted by Crippen LogP contribution is 2.33. The second-order valence-corrected chi connectivity index (χ2v) is 6.48. The largest absolute Gasteiger partial charge is 0.471 e. The lowest BCUT2D eigenvalue weighted by molar-refractivity contribution is -0.159. The van der Waals surface area contributed by atoms with E-state index in [9.17, 15) is 18.0 Å². The number of carbonyl (C=O) groups excluding carboxylic acids is 1. The molecule has 0 unspecified atom stereocenters. The number of aromatic nitrogens is 4. The number of halogens is 3. The summed E-state index contributed by atoms with van der Waals surface area (Å²) in [5, 5.41) is 6.48. The average Bonchev–Trinajstić information content (AvgIpc) is 3.24. The first-order valence-corrected chi connectivity index (χ1v) is 8.95. The number of nitrogens with one attached hydrogen (secondary N) is 1. The highest BCUT2D eigenvalue weighted by atomic mass is 19.4. The lowest BCUT2D eigenvalue weighted by Gasteiger charge is -2.11. The summed E-state index contributed by atoms with van der Waals surface area (Å²) in [7, 11) is 0. The molecule has 11 heteroatoms. The van der Waals surface area contributed by atoms with E-state index in [-0.39, 0.29) is 23.5 Å². The van der Waals surface area contributed by atoms with Gasteiger partial charge in [-0.05, 0) is 42.8 Å². The van der Waals surface area contributed by atoms with E-state index in [1.807, 2.05) is 6.92 Å². The summed E-state index contributed by atoms with van der Waals surface area (Å²) in [5.41, 5.74) is 2.56. The van der Waals surface area contributed by atoms with Crippen molar-refractivity contribution in [3.63, 3.8) is 0 Å². The van der Waals surface area contributed by atoms with Crippen LogP contribution in [0.25, 0.3) is 22.3 Å². The smallest absolute Gasteiger partial charge is 0.444 e. The minimum atomic E-state index is -4.76. The number of nitrogens with zero attached hydrogens (tertiary/aromatic N) is 4. The van der Waals surface area contributed by atoms with Crippen molar-refractivity contribution in [1.82, 2.24) is 20.1 Å². The number of pyridine rings is 2. The molecule has 158 valence electrons. The van der Waals surface area contributed by atoms with Crippen LogP contribution in [0.2, 0.25) is 0 Å². The number of alkyl halides is 3. The van der Waals surface area contributed by atoms with Gasteiger partial charge in [-0.15, -0.1) is 0 Å². The van der Waals surface area contributed by atoms with Crippen molar-refractivity contribution >= 4 is 22.7 Å². The predicted molar refractivity (Wildman–Crippen MR) is 103 cm³/mol. The van der Waals surface area contributed by atoms with Gasteiger partial charge in [-0.1, -0.05) is 5.16 Å². The molecule has 0 fully saturated rings. The van der Waals surface area contributed by atoms with Gasteiger partial charge in [0, 0.05) is 35.1 Å². The highest BCUT2D eigenvalue weighted by Gasteiger charge is 2.38. The summed E-state index contributed by atoms with van der Waals surface area (Å²) >= 11 is 0. The van der Waals surface area contributed by atoms with Crippen LogP contribution in [0.4, 0.5) is 23.7 Å². The molecule has 0 saturated carbocycles. The maximum atomic E-state index is 12.8. The van der Waals surface area contributed by atoms with Crippen molar-refractivity contribution in [2.45, 2.75) is 19.7 Å². The molecule has 0 saturated heterocycles. The molecule has 0 aliphatic heterocycles. The van der Waals surface area contributed by atoms with Crippen LogP contribution < -0.4 is 5.32 Å². The van der Waals surface area contributed by atoms with Gasteiger partial charge in [0.05, 0.1) is 11.2 Å². The Bertz CT molecular complexity index is 1260. The van der Waals surface area contributed by atoms with Gasteiger partial charge in [0.15, 0.2) is 0 Å². The number of aryl methyl sites for hydroxylation is 1. The molecule has 0 bridgehead atoms. The number of rotatable bonds is 4. The molecule has 8 nitrogen and oxygen atoms in total. The highest BCUT2D eigenvalue weighted by molar-refractivity contribution is 6.03. The monoisotopic (exact) mass is 429 g/mol. The Kier molecular flexibility index (Phi) is 5.24. The third-order valence-corrected chi connectivity index (χ3v) is 4.42. The van der Waals surface area contributed by atoms with Crippen molar-refractivity contribution in [1.29, 1.82) is 0 Å². The number of anilines is 1. The summed E-state index contributed by atoms with van der Waals surface area (Å²) in [6.07, 6.45) is -0.756. The van der Waals surface area contributed by atoms with Gasteiger partial charge in [-0.3, -0.25) is 15.3 Å². The van der Waals surface area contributed by atoms with E-state index >= 15 is 0 Å². The number of benzene rings is 1. The normalized spacial score (nSPS) is 11.5. The van der Waals surface area contributed by atoms with Crippen molar-refractivity contribution in [2.75, 3.05) is 5.32 Å². The Balaban J connectivity index is 1.59. The molecule has 0 radical (unpaired) electrons. The number of fused-ring (bicyclic) bond motifs is 1. The minimum Gasteiger partial charge on any atom is -0.444 e. The molecule has 0 aliphatic carbocycles. The Morgan fingerprint density at radius 1 is 1.19 bits per heavy atom. The van der Waals surface area contributed by atoms with E-state index in [0.29, 0.717) is 11.1 Å². The van der Waals surface area contributed by atoms with Crippen LogP contribution in [0.5, 0.6) is 0 Å². The molecule has 4 rings (SSSR count). The van der Waals surface area contributed by atoms with Crippen molar-refractivity contribution < 1.29 is 27.2 Å². The Morgan fingerprint density at radius 3 is 2.77 bits per heavy atom. The van der Waals surface area contributed by atoms with E-state index in [4.69, 9.17) is 4.74 Å². The van der Waals surface area contributed by atoms with Gasteiger partial charge in [0.1, 0.15) is 6.61 Å². The molecule has 3 heterocycles. The maximum Gasteiger partial charge on any atom is 0.471 e. The van der Waals surface area contributed by atoms with Crippen molar-refractivity contribution in [3.05, 3.63) is 65.9 Å². The first-order chi connectivity index (χ1) is 14.8. The zero-order valence-corrected chi connectivity index (χ0v) is 16.0. The van der Waals surface area contributed by atoms with E-state index in [1.165, 1.54) is 18.3 Å². The topological polar surface area (TPSA) is 103 Å². The van der Waals surface area contributed by atoms with Crippen LogP contribution in [-0.2, 0) is 17.5 Å². The number of hydrogen-bond acceptors (Lipinski definition) is 7. The third kappa shape index (κ3) is 4.29. The van der Waals surface area contributed by atoms with Gasteiger partial charge in [-0.25, -0.2) is 4.79 Å². The summed E-state index contributed by atoms with van der Waals surface area (Å²) < 4.78 is 47.9. The lowest BCUT2D eigenvalue weighted by atomic mass is 10.1. The predicted octanol–water partition coefficient (Wildman–Crippen LogP) is 4.76. The minimum absolute atomic E-state index is 0.0306. The van der Waals surface area contributed by atoms with Gasteiger partial charge in [-0.2, -0.15) is 18.2 Å². The fraction of sp³-hybridized carbons (Fsp3) is 0.150. The zero-order valence-electron chi connectivity index (χ0n) is 16.0. The second-order valence-electron chi connectivity index (χ2n) is 6.48. The van der Waals surface area contributed by atoms with E-state index in [1.54, 1.807) is 30.6 Å². The zero-order chi connectivity index (χ0) is 22.0. The van der Waals surface area contributed by atoms with Crippen LogP contribution in [-0.4, -0.2) is 26.2 Å². The summed E-state index contributed by atoms with van der Waals surface area (Å²) in [6, 6.07) is 8.02. The molecular weight excluding hydrogens is 415 g/mol. The van der Waals surface area contributed by atoms with Crippen LogP contribution in [0.3, 0.4) is 0 Å². The summed E-state index contributed by atoms with van der Waals surface area (Å²) in [4.78, 5) is 23.9. The maximum absolute atomic E-state index is 12.8. The van der Waals surface area contributed by atoms with E-state index < -0.39 is 18.2 Å². The lowest BCUT2D eigenvalue weighted by Crippen LogP contribution is -2.14. The molecule has 1 N–H and O–H groups in total. The molecule has 1 aromatic carbocycles. The Morgan fingerprint density at radius 2 is 2.03 bits per heavy atom. The van der Waals surface area contributed by atoms with Crippen LogP contribution >= 0.6 is 0 Å². The number of ether oxygens (including phenoxy) is 1. The van der Waals surface area contributed by atoms with Crippen molar-refractivity contribution in [3.8, 4) is 11.4 Å². The Hall–Kier alpha value is -4.02. The third-order valence-electron chi connectivity index (χ3n) is 4.42. The molecule has 0 aliphatic rings. The number of hydrogen-bond donors (Lipinski definition) is 1. The summed E-state index contributed by atoms with van der Waals surface area (Å²) in [5.74, 6) is -1.72. The first kappa shape index (κ1) is 20.3. The molecule has 1 amide bonds. The second kappa shape index (κ2) is 8.01. The molecule has 31 heavy (non-hydrogen) atoms. The standard InChI is InChI=1S/C20H14F3N5O3/c1-11-6-8-24-9-12(11)10-30-19(29)26-15-5-4-14(16-13(15)3-2-7-25-16)17-27-18(31-28-17)20(21,22)23/h2-9H,10H2,1H3,(H,26,29). The van der Waals surface area contributed by atoms with Gasteiger partial charge >= 0.3 is 18.2 Å². The van der Waals surface area contributed by atoms with Gasteiger partial charge < -0.3 is 9.26 Å². The average molecular weight is 429 g/mol. The molecule has 0 atom stereocenters. The quantitative estimate of drug-likeness (QED) is 0.499. The van der Waals surface area contributed by atoms with Gasteiger partial charge in [0.2, 0.25) is 5.82 Å². The summed E-state index contributed by atoms with van der Waals surface area (Å²) in [6.45, 7) is 1.90. The fourth-order valence-electron chi connectivity index (χ4n) is 2.85. The molecule has 4 aromatic rings. The molecule has 3 aromatic heterocycles. The number of carbonyl (C=O) groups is 1. The SMILES string of the molecule is Cc1ccncc1COC(=O)Nc1ccc(-c2noc(C(F)(F)F)n2)c2ncccc12. The fourth-order valence-corrected chi connectivity index (χ4v) is 2.85. The molecular formula is C20H14F3N5O3. The molecule has 0 spiro atoms. The Labute approximate surface area is 173 Å². The van der Waals surface area contributed by atoms with Crippen molar-refractivity contribution in [2.24, 2.45) is 0 Å². The van der Waals surface area contributed by atoms with Crippen LogP contribution in [0.1, 0.15) is 17.0 Å². The van der Waals surface area contributed by atoms with Gasteiger partial charge in [0.25, 0.3) is 0 Å². The number of amides is 1.